The van der Waals surface area contributed by atoms with Gasteiger partial charge in [0.2, 0.25) is 11.8 Å². The highest BCUT2D eigenvalue weighted by Gasteiger charge is 2.40. The summed E-state index contributed by atoms with van der Waals surface area (Å²) in [5.74, 6) is -2.33. The Kier molecular flexibility index (Phi) is 13.4. The molecule has 2 amide bonds. The number of halogens is 4. The monoisotopic (exact) mass is 589 g/mol. The fraction of sp³-hybridized carbons (Fsp3) is 0.607. The lowest BCUT2D eigenvalue weighted by atomic mass is 9.80. The van der Waals surface area contributed by atoms with Crippen molar-refractivity contribution in [3.8, 4) is 0 Å². The third kappa shape index (κ3) is 11.1. The van der Waals surface area contributed by atoms with Gasteiger partial charge in [0.25, 0.3) is 0 Å². The largest absolute Gasteiger partial charge is 0.490 e. The van der Waals surface area contributed by atoms with Crippen molar-refractivity contribution in [3.05, 3.63) is 47.0 Å². The van der Waals surface area contributed by atoms with Crippen LogP contribution in [0, 0.1) is 17.3 Å². The Balaban J connectivity index is 0.000000708. The van der Waals surface area contributed by atoms with E-state index in [4.69, 9.17) is 26.2 Å². The number of rotatable bonds is 4. The number of benzene rings is 1. The first-order valence-electron chi connectivity index (χ1n) is 13.4. The Morgan fingerprint density at radius 1 is 1.25 bits per heavy atom. The highest BCUT2D eigenvalue weighted by atomic mass is 35.5. The van der Waals surface area contributed by atoms with Crippen molar-refractivity contribution in [2.24, 2.45) is 17.3 Å². The van der Waals surface area contributed by atoms with Gasteiger partial charge in [0.1, 0.15) is 0 Å². The molecule has 40 heavy (non-hydrogen) atoms. The Hall–Kier alpha value is -2.63. The quantitative estimate of drug-likeness (QED) is 0.449. The van der Waals surface area contributed by atoms with Crippen molar-refractivity contribution in [1.29, 1.82) is 0 Å². The number of carboxylic acid groups (broad SMARTS) is 1. The number of ether oxygens (including phenoxy) is 1. The number of nitrogens with zero attached hydrogens (tertiary/aromatic N) is 1. The maximum absolute atomic E-state index is 13.6. The van der Waals surface area contributed by atoms with Crippen LogP contribution in [0.5, 0.6) is 0 Å². The van der Waals surface area contributed by atoms with Crippen LogP contribution in [-0.4, -0.2) is 73.4 Å². The summed E-state index contributed by atoms with van der Waals surface area (Å²) >= 11 is 6.19. The van der Waals surface area contributed by atoms with Crippen LogP contribution in [0.15, 0.2) is 36.4 Å². The summed E-state index contributed by atoms with van der Waals surface area (Å²) in [6, 6.07) is 7.63. The molecule has 2 unspecified atom stereocenters. The van der Waals surface area contributed by atoms with Crippen molar-refractivity contribution >= 4 is 29.4 Å². The summed E-state index contributed by atoms with van der Waals surface area (Å²) in [6.07, 6.45) is 2.21. The summed E-state index contributed by atoms with van der Waals surface area (Å²) in [5, 5.41) is 14.2. The van der Waals surface area contributed by atoms with Gasteiger partial charge in [-0.15, -0.1) is 0 Å². The fourth-order valence-electron chi connectivity index (χ4n) is 4.74. The number of hydrogen-bond donors (Lipinski definition) is 3. The number of allylic oxidation sites excluding steroid dienone is 1. The second kappa shape index (κ2) is 16.0. The van der Waals surface area contributed by atoms with E-state index in [-0.39, 0.29) is 17.7 Å². The first-order valence-corrected chi connectivity index (χ1v) is 13.8. The van der Waals surface area contributed by atoms with E-state index in [1.165, 1.54) is 0 Å². The number of piperidine rings is 1. The third-order valence-corrected chi connectivity index (χ3v) is 6.96. The van der Waals surface area contributed by atoms with E-state index in [0.717, 1.165) is 31.4 Å². The number of nitrogens with one attached hydrogen (secondary N) is 2. The number of aliphatic carboxylic acids is 1. The molecule has 2 aliphatic rings. The second-order valence-electron chi connectivity index (χ2n) is 10.6. The lowest BCUT2D eigenvalue weighted by Gasteiger charge is -2.36. The molecule has 2 atom stereocenters. The average Bonchev–Trinajstić information content (AvgIpc) is 2.88. The molecule has 2 heterocycles. The summed E-state index contributed by atoms with van der Waals surface area (Å²) in [6.45, 7) is 8.02. The van der Waals surface area contributed by atoms with Gasteiger partial charge < -0.3 is 25.4 Å². The highest BCUT2D eigenvalue weighted by molar-refractivity contribution is 6.30. The molecule has 0 saturated carbocycles. The predicted molar refractivity (Wildman–Crippen MR) is 146 cm³/mol. The van der Waals surface area contributed by atoms with E-state index in [0.29, 0.717) is 56.8 Å². The first kappa shape index (κ1) is 33.6. The van der Waals surface area contributed by atoms with Gasteiger partial charge >= 0.3 is 12.1 Å². The fourth-order valence-corrected chi connectivity index (χ4v) is 4.95. The minimum Gasteiger partial charge on any atom is -0.475 e. The maximum atomic E-state index is 13.6. The van der Waals surface area contributed by atoms with Gasteiger partial charge in [0, 0.05) is 37.1 Å². The topological polar surface area (TPSA) is 108 Å². The van der Waals surface area contributed by atoms with E-state index in [9.17, 15) is 22.8 Å². The van der Waals surface area contributed by atoms with Crippen molar-refractivity contribution < 1.29 is 37.4 Å². The molecule has 0 radical (unpaired) electrons. The van der Waals surface area contributed by atoms with Crippen LogP contribution in [0.3, 0.4) is 0 Å². The van der Waals surface area contributed by atoms with E-state index >= 15 is 0 Å². The van der Waals surface area contributed by atoms with Crippen LogP contribution >= 0.6 is 11.6 Å². The van der Waals surface area contributed by atoms with Crippen LogP contribution in [-0.2, 0) is 25.7 Å². The Bertz CT molecular complexity index is 1010. The normalized spacial score (nSPS) is 23.3. The zero-order valence-electron chi connectivity index (χ0n) is 22.9. The molecule has 3 N–H and O–H groups in total. The molecule has 3 rings (SSSR count). The molecule has 1 aromatic carbocycles. The number of carboxylic acids is 1. The molecule has 1 fully saturated rings. The molecule has 0 aromatic heterocycles. The van der Waals surface area contributed by atoms with Gasteiger partial charge in [-0.1, -0.05) is 49.7 Å². The molecule has 1 aromatic rings. The lowest BCUT2D eigenvalue weighted by Crippen LogP contribution is -2.54. The standard InChI is InChI=1S/C26H38ClN3O3.C2HF3O2/c1-20(2)15-22-8-3-4-14-33-19-26(10-6-11-28-18-26)25(32)29-12-13-30(24(22)31)17-21-7-5-9-23(27)16-21;3-2(4,5)1(6)7/h3-5,7,9,16,20,22,28H,6,8,10-15,17-19H2,1-2H3,(H,29,32);(H,6,7). The number of alkyl halides is 3. The number of carbonyl (C=O) groups excluding carboxylic acids is 2. The third-order valence-electron chi connectivity index (χ3n) is 6.72. The van der Waals surface area contributed by atoms with Crippen molar-refractivity contribution in [1.82, 2.24) is 15.5 Å². The minimum absolute atomic E-state index is 0.00428. The van der Waals surface area contributed by atoms with Gasteiger partial charge in [-0.25, -0.2) is 4.79 Å². The molecule has 8 nitrogen and oxygen atoms in total. The molecular formula is C28H39ClF3N3O5. The van der Waals surface area contributed by atoms with E-state index in [2.05, 4.69) is 30.6 Å². The molecule has 0 bridgehead atoms. The summed E-state index contributed by atoms with van der Waals surface area (Å²) in [7, 11) is 0. The highest BCUT2D eigenvalue weighted by Crippen LogP contribution is 2.28. The molecule has 1 spiro atoms. The van der Waals surface area contributed by atoms with Crippen LogP contribution in [0.4, 0.5) is 13.2 Å². The Labute approximate surface area is 238 Å². The Morgan fingerprint density at radius 3 is 2.58 bits per heavy atom. The predicted octanol–water partition coefficient (Wildman–Crippen LogP) is 4.43. The summed E-state index contributed by atoms with van der Waals surface area (Å²) in [5.41, 5.74) is 0.432. The van der Waals surface area contributed by atoms with Crippen molar-refractivity contribution in [2.45, 2.75) is 52.3 Å². The Morgan fingerprint density at radius 2 is 1.98 bits per heavy atom. The van der Waals surface area contributed by atoms with Crippen LogP contribution in [0.25, 0.3) is 0 Å². The van der Waals surface area contributed by atoms with Crippen LogP contribution in [0.2, 0.25) is 5.02 Å². The molecule has 2 aliphatic heterocycles. The molecule has 0 aliphatic carbocycles. The molecular weight excluding hydrogens is 551 g/mol. The zero-order valence-corrected chi connectivity index (χ0v) is 23.7. The number of hydrogen-bond acceptors (Lipinski definition) is 5. The smallest absolute Gasteiger partial charge is 0.475 e. The van der Waals surface area contributed by atoms with Gasteiger partial charge in [0.15, 0.2) is 0 Å². The molecule has 12 heteroatoms. The second-order valence-corrected chi connectivity index (χ2v) is 11.0. The minimum atomic E-state index is -5.08. The summed E-state index contributed by atoms with van der Waals surface area (Å²) < 4.78 is 37.6. The van der Waals surface area contributed by atoms with Crippen LogP contribution in [0.1, 0.15) is 45.1 Å². The zero-order chi connectivity index (χ0) is 29.8. The van der Waals surface area contributed by atoms with Gasteiger partial charge in [0.05, 0.1) is 18.6 Å². The van der Waals surface area contributed by atoms with E-state index < -0.39 is 17.6 Å². The molecule has 1 saturated heterocycles. The number of carbonyl (C=O) groups is 3. The van der Waals surface area contributed by atoms with Gasteiger partial charge in [-0.05, 0) is 55.8 Å². The number of amides is 2. The van der Waals surface area contributed by atoms with Gasteiger partial charge in [-0.2, -0.15) is 13.2 Å². The summed E-state index contributed by atoms with van der Waals surface area (Å²) in [4.78, 5) is 37.6. The van der Waals surface area contributed by atoms with Crippen molar-refractivity contribution in [3.63, 3.8) is 0 Å². The van der Waals surface area contributed by atoms with E-state index in [1.807, 2.05) is 35.2 Å². The van der Waals surface area contributed by atoms with Crippen LogP contribution < -0.4 is 10.6 Å². The van der Waals surface area contributed by atoms with Gasteiger partial charge in [-0.3, -0.25) is 9.59 Å². The maximum Gasteiger partial charge on any atom is 0.490 e. The SMILES string of the molecule is CC(C)CC1CC=CCOCC2(CCCNC2)C(=O)NCCN(Cc2cccc(Cl)c2)C1=O.O=C(O)C(F)(F)F. The van der Waals surface area contributed by atoms with Crippen molar-refractivity contribution in [2.75, 3.05) is 39.4 Å². The molecule has 224 valence electrons. The van der Waals surface area contributed by atoms with E-state index in [1.54, 1.807) is 0 Å². The average molecular weight is 590 g/mol. The first-order chi connectivity index (χ1) is 18.8. The lowest BCUT2D eigenvalue weighted by molar-refractivity contribution is -0.192.